The van der Waals surface area contributed by atoms with E-state index in [0.29, 0.717) is 22.2 Å². The molecule has 7 nitrogen and oxygen atoms in total. The van der Waals surface area contributed by atoms with Crippen molar-refractivity contribution < 1.29 is 14.3 Å². The number of ether oxygens (including phenoxy) is 2. The molecule has 0 aliphatic rings. The minimum Gasteiger partial charge on any atom is -0.497 e. The number of nitrogens with one attached hydrogen (secondary N) is 1. The molecule has 0 bridgehead atoms. The Hall–Kier alpha value is -3.58. The third-order valence-electron chi connectivity index (χ3n) is 4.22. The van der Waals surface area contributed by atoms with Crippen LogP contribution in [0, 0.1) is 0 Å². The van der Waals surface area contributed by atoms with Gasteiger partial charge in [0.05, 0.1) is 18.3 Å². The first kappa shape index (κ1) is 18.8. The molecule has 1 aromatic heterocycles. The summed E-state index contributed by atoms with van der Waals surface area (Å²) in [7, 11) is 1.60. The Morgan fingerprint density at radius 1 is 1.07 bits per heavy atom. The number of halogens is 1. The van der Waals surface area contributed by atoms with Crippen LogP contribution >= 0.6 is 11.6 Å². The van der Waals surface area contributed by atoms with Gasteiger partial charge in [0.1, 0.15) is 23.6 Å². The van der Waals surface area contributed by atoms with Gasteiger partial charge in [-0.05, 0) is 54.6 Å². The van der Waals surface area contributed by atoms with Crippen LogP contribution in [0.3, 0.4) is 0 Å². The van der Waals surface area contributed by atoms with Crippen molar-refractivity contribution in [1.29, 1.82) is 0 Å². The SMILES string of the molecule is COc1ccc(Oc2ccc(Cl)cc2NC(=O)Cn2nnc3ccccc32)cc1. The number of para-hydroxylation sites is 1. The maximum atomic E-state index is 12.6. The fourth-order valence-corrected chi connectivity index (χ4v) is 2.99. The number of hydrogen-bond acceptors (Lipinski definition) is 5. The van der Waals surface area contributed by atoms with Gasteiger partial charge in [-0.3, -0.25) is 4.79 Å². The molecule has 0 saturated carbocycles. The first-order chi connectivity index (χ1) is 14.1. The summed E-state index contributed by atoms with van der Waals surface area (Å²) in [6, 6.07) is 19.6. The van der Waals surface area contributed by atoms with Gasteiger partial charge in [-0.2, -0.15) is 0 Å². The molecule has 0 saturated heterocycles. The van der Waals surface area contributed by atoms with E-state index in [4.69, 9.17) is 21.1 Å². The number of fused-ring (bicyclic) bond motifs is 1. The molecule has 0 spiro atoms. The van der Waals surface area contributed by atoms with E-state index >= 15 is 0 Å². The van der Waals surface area contributed by atoms with E-state index in [9.17, 15) is 4.79 Å². The number of amides is 1. The van der Waals surface area contributed by atoms with Crippen LogP contribution < -0.4 is 14.8 Å². The van der Waals surface area contributed by atoms with E-state index in [1.807, 2.05) is 24.3 Å². The van der Waals surface area contributed by atoms with Crippen LogP contribution in [0.1, 0.15) is 0 Å². The number of methoxy groups -OCH3 is 1. The van der Waals surface area contributed by atoms with Gasteiger partial charge in [-0.15, -0.1) is 5.10 Å². The van der Waals surface area contributed by atoms with Gasteiger partial charge in [0.15, 0.2) is 5.75 Å². The molecule has 4 aromatic rings. The van der Waals surface area contributed by atoms with Gasteiger partial charge in [-0.25, -0.2) is 4.68 Å². The maximum Gasteiger partial charge on any atom is 0.246 e. The zero-order chi connectivity index (χ0) is 20.2. The van der Waals surface area contributed by atoms with Gasteiger partial charge >= 0.3 is 0 Å². The van der Waals surface area contributed by atoms with Crippen LogP contribution in [-0.4, -0.2) is 28.0 Å². The van der Waals surface area contributed by atoms with Crippen LogP contribution in [0.2, 0.25) is 5.02 Å². The van der Waals surface area contributed by atoms with E-state index in [1.54, 1.807) is 54.3 Å². The Kier molecular flexibility index (Phi) is 5.31. The van der Waals surface area contributed by atoms with Crippen molar-refractivity contribution in [2.24, 2.45) is 0 Å². The number of hydrogen-bond donors (Lipinski definition) is 1. The fraction of sp³-hybridized carbons (Fsp3) is 0.0952. The lowest BCUT2D eigenvalue weighted by molar-refractivity contribution is -0.116. The summed E-state index contributed by atoms with van der Waals surface area (Å²) in [5.74, 6) is 1.52. The monoisotopic (exact) mass is 408 g/mol. The highest BCUT2D eigenvalue weighted by molar-refractivity contribution is 6.31. The second kappa shape index (κ2) is 8.20. The highest BCUT2D eigenvalue weighted by Gasteiger charge is 2.13. The van der Waals surface area contributed by atoms with E-state index in [1.165, 1.54) is 0 Å². The molecule has 146 valence electrons. The lowest BCUT2D eigenvalue weighted by atomic mass is 10.2. The quantitative estimate of drug-likeness (QED) is 0.507. The second-order valence-electron chi connectivity index (χ2n) is 6.20. The normalized spacial score (nSPS) is 10.7. The third-order valence-corrected chi connectivity index (χ3v) is 4.45. The Bertz CT molecular complexity index is 1160. The fourth-order valence-electron chi connectivity index (χ4n) is 2.82. The number of benzene rings is 3. The number of carbonyl (C=O) groups is 1. The first-order valence-electron chi connectivity index (χ1n) is 8.82. The van der Waals surface area contributed by atoms with E-state index in [2.05, 4.69) is 15.6 Å². The van der Waals surface area contributed by atoms with Crippen molar-refractivity contribution in [2.75, 3.05) is 12.4 Å². The first-order valence-corrected chi connectivity index (χ1v) is 9.20. The molecule has 1 N–H and O–H groups in total. The van der Waals surface area contributed by atoms with Crippen molar-refractivity contribution in [1.82, 2.24) is 15.0 Å². The predicted molar refractivity (Wildman–Crippen MR) is 111 cm³/mol. The third kappa shape index (κ3) is 4.30. The van der Waals surface area contributed by atoms with Crippen LogP contribution in [-0.2, 0) is 11.3 Å². The molecule has 0 atom stereocenters. The summed E-state index contributed by atoms with van der Waals surface area (Å²) in [5, 5.41) is 11.4. The lowest BCUT2D eigenvalue weighted by Gasteiger charge is -2.13. The summed E-state index contributed by atoms with van der Waals surface area (Å²) < 4.78 is 12.6. The molecule has 1 heterocycles. The smallest absolute Gasteiger partial charge is 0.246 e. The number of carbonyl (C=O) groups excluding carboxylic acids is 1. The average molecular weight is 409 g/mol. The van der Waals surface area contributed by atoms with E-state index in [-0.39, 0.29) is 12.5 Å². The Morgan fingerprint density at radius 3 is 2.62 bits per heavy atom. The van der Waals surface area contributed by atoms with Crippen LogP contribution in [0.5, 0.6) is 17.2 Å². The van der Waals surface area contributed by atoms with Crippen molar-refractivity contribution >= 4 is 34.2 Å². The van der Waals surface area contributed by atoms with Gasteiger partial charge in [-0.1, -0.05) is 28.9 Å². The highest BCUT2D eigenvalue weighted by Crippen LogP contribution is 2.32. The molecule has 3 aromatic carbocycles. The largest absolute Gasteiger partial charge is 0.497 e. The number of anilines is 1. The molecule has 4 rings (SSSR count). The molecular weight excluding hydrogens is 392 g/mol. The van der Waals surface area contributed by atoms with Crippen LogP contribution in [0.4, 0.5) is 5.69 Å². The summed E-state index contributed by atoms with van der Waals surface area (Å²) >= 11 is 6.11. The maximum absolute atomic E-state index is 12.6. The van der Waals surface area contributed by atoms with Crippen molar-refractivity contribution in [2.45, 2.75) is 6.54 Å². The van der Waals surface area contributed by atoms with Crippen molar-refractivity contribution in [3.05, 3.63) is 71.8 Å². The highest BCUT2D eigenvalue weighted by atomic mass is 35.5. The molecule has 0 unspecified atom stereocenters. The molecule has 8 heteroatoms. The van der Waals surface area contributed by atoms with Gasteiger partial charge in [0.2, 0.25) is 5.91 Å². The standard InChI is InChI=1S/C21H17ClN4O3/c1-28-15-7-9-16(10-8-15)29-20-11-6-14(22)12-18(20)23-21(27)13-26-19-5-3-2-4-17(19)24-25-26/h2-12H,13H2,1H3,(H,23,27). The average Bonchev–Trinajstić information content (AvgIpc) is 3.13. The van der Waals surface area contributed by atoms with Gasteiger partial charge in [0.25, 0.3) is 0 Å². The Labute approximate surface area is 171 Å². The van der Waals surface area contributed by atoms with Gasteiger partial charge in [0, 0.05) is 5.02 Å². The predicted octanol–water partition coefficient (Wildman–Crippen LogP) is 4.52. The molecule has 0 fully saturated rings. The molecule has 0 aliphatic carbocycles. The zero-order valence-corrected chi connectivity index (χ0v) is 16.3. The van der Waals surface area contributed by atoms with E-state index in [0.717, 1.165) is 16.8 Å². The van der Waals surface area contributed by atoms with Gasteiger partial charge < -0.3 is 14.8 Å². The summed E-state index contributed by atoms with van der Waals surface area (Å²) in [4.78, 5) is 12.6. The Morgan fingerprint density at radius 2 is 1.83 bits per heavy atom. The molecule has 0 radical (unpaired) electrons. The minimum absolute atomic E-state index is 0.00893. The zero-order valence-electron chi connectivity index (χ0n) is 15.5. The topological polar surface area (TPSA) is 78.3 Å². The van der Waals surface area contributed by atoms with Crippen molar-refractivity contribution in [3.63, 3.8) is 0 Å². The molecule has 0 aliphatic heterocycles. The minimum atomic E-state index is -0.275. The van der Waals surface area contributed by atoms with E-state index < -0.39 is 0 Å². The lowest BCUT2D eigenvalue weighted by Crippen LogP contribution is -2.19. The molecule has 1 amide bonds. The van der Waals surface area contributed by atoms with Crippen LogP contribution in [0.15, 0.2) is 66.7 Å². The van der Waals surface area contributed by atoms with Crippen molar-refractivity contribution in [3.8, 4) is 17.2 Å². The summed E-state index contributed by atoms with van der Waals surface area (Å²) in [6.07, 6.45) is 0. The van der Waals surface area contributed by atoms with Crippen LogP contribution in [0.25, 0.3) is 11.0 Å². The number of rotatable bonds is 6. The summed E-state index contributed by atoms with van der Waals surface area (Å²) in [5.41, 5.74) is 1.97. The second-order valence-corrected chi connectivity index (χ2v) is 6.64. The Balaban J connectivity index is 1.52. The number of aromatic nitrogens is 3. The summed E-state index contributed by atoms with van der Waals surface area (Å²) in [6.45, 7) is 0.00893. The number of nitrogens with zero attached hydrogens (tertiary/aromatic N) is 3. The molecular formula is C21H17ClN4O3. The molecule has 29 heavy (non-hydrogen) atoms.